The molecule has 5 nitrogen and oxygen atoms in total. The highest BCUT2D eigenvalue weighted by Gasteiger charge is 2.07. The largest absolute Gasteiger partial charge is 0.481 e. The Bertz CT molecular complexity index is 641. The van der Waals surface area contributed by atoms with Crippen molar-refractivity contribution >= 4 is 28.2 Å². The van der Waals surface area contributed by atoms with Gasteiger partial charge in [-0.05, 0) is 37.5 Å². The molecule has 0 atom stereocenters. The molecule has 0 fully saturated rings. The Morgan fingerprint density at radius 2 is 2.10 bits per heavy atom. The minimum atomic E-state index is -0.732. The summed E-state index contributed by atoms with van der Waals surface area (Å²) in [6, 6.07) is 5.83. The van der Waals surface area contributed by atoms with E-state index in [1.54, 1.807) is 6.20 Å². The number of carbonyl (C=O) groups is 1. The molecule has 0 aliphatic rings. The predicted octanol–water partition coefficient (Wildman–Crippen LogP) is 3.18. The van der Waals surface area contributed by atoms with Crippen LogP contribution in [0.25, 0.3) is 10.8 Å². The Kier molecular flexibility index (Phi) is 4.98. The van der Waals surface area contributed by atoms with Crippen molar-refractivity contribution in [3.63, 3.8) is 0 Å². The maximum atomic E-state index is 10.4. The molecular weight excluding hydrogens is 266 g/mol. The quantitative estimate of drug-likeness (QED) is 0.537. The third-order valence-corrected chi connectivity index (χ3v) is 3.53. The lowest BCUT2D eigenvalue weighted by Crippen LogP contribution is -2.05. The third kappa shape index (κ3) is 3.84. The van der Waals surface area contributed by atoms with Crippen LogP contribution in [0.3, 0.4) is 0 Å². The number of benzene rings is 1. The first-order valence-electron chi connectivity index (χ1n) is 7.19. The Morgan fingerprint density at radius 1 is 1.29 bits per heavy atom. The fourth-order valence-electron chi connectivity index (χ4n) is 2.41. The van der Waals surface area contributed by atoms with Crippen LogP contribution in [0, 0.1) is 6.92 Å². The number of carboxylic acids is 1. The highest BCUT2D eigenvalue weighted by Crippen LogP contribution is 2.29. The number of hydrogen-bond donors (Lipinski definition) is 3. The van der Waals surface area contributed by atoms with Crippen molar-refractivity contribution in [2.24, 2.45) is 0 Å². The third-order valence-electron chi connectivity index (χ3n) is 3.53. The predicted molar refractivity (Wildman–Crippen MR) is 85.5 cm³/mol. The molecular formula is C16H21N3O2. The fraction of sp³-hybridized carbons (Fsp3) is 0.375. The number of aromatic nitrogens is 1. The molecule has 0 saturated carbocycles. The number of aryl methyl sites for hydroxylation is 1. The van der Waals surface area contributed by atoms with Gasteiger partial charge in [0.2, 0.25) is 0 Å². The lowest BCUT2D eigenvalue weighted by Gasteiger charge is -2.12. The van der Waals surface area contributed by atoms with Gasteiger partial charge < -0.3 is 16.2 Å². The van der Waals surface area contributed by atoms with Crippen molar-refractivity contribution < 1.29 is 9.90 Å². The average molecular weight is 287 g/mol. The zero-order valence-electron chi connectivity index (χ0n) is 12.2. The smallest absolute Gasteiger partial charge is 0.303 e. The van der Waals surface area contributed by atoms with E-state index in [4.69, 9.17) is 10.8 Å². The summed E-state index contributed by atoms with van der Waals surface area (Å²) in [7, 11) is 0. The highest BCUT2D eigenvalue weighted by atomic mass is 16.4. The van der Waals surface area contributed by atoms with Crippen LogP contribution in [0.2, 0.25) is 0 Å². The molecule has 0 saturated heterocycles. The van der Waals surface area contributed by atoms with Crippen LogP contribution in [0.15, 0.2) is 24.4 Å². The number of hydrogen-bond acceptors (Lipinski definition) is 4. The number of aliphatic carboxylic acids is 1. The molecule has 0 amide bonds. The van der Waals surface area contributed by atoms with E-state index in [1.807, 2.05) is 25.1 Å². The lowest BCUT2D eigenvalue weighted by atomic mass is 10.1. The highest BCUT2D eigenvalue weighted by molar-refractivity contribution is 6.01. The topological polar surface area (TPSA) is 88.2 Å². The van der Waals surface area contributed by atoms with Crippen molar-refractivity contribution in [3.05, 3.63) is 30.0 Å². The first kappa shape index (κ1) is 15.1. The number of nitrogens with zero attached hydrogens (tertiary/aromatic N) is 1. The van der Waals surface area contributed by atoms with Gasteiger partial charge in [-0.3, -0.25) is 4.79 Å². The Morgan fingerprint density at radius 3 is 2.86 bits per heavy atom. The summed E-state index contributed by atoms with van der Waals surface area (Å²) < 4.78 is 0. The summed E-state index contributed by atoms with van der Waals surface area (Å²) in [6.07, 6.45) is 4.52. The van der Waals surface area contributed by atoms with Crippen molar-refractivity contribution in [2.45, 2.75) is 32.6 Å². The molecule has 0 bridgehead atoms. The summed E-state index contributed by atoms with van der Waals surface area (Å²) in [4.78, 5) is 14.8. The van der Waals surface area contributed by atoms with E-state index in [-0.39, 0.29) is 6.42 Å². The molecule has 5 heteroatoms. The van der Waals surface area contributed by atoms with Crippen LogP contribution in [0.1, 0.15) is 31.2 Å². The number of fused-ring (bicyclic) bond motifs is 1. The average Bonchev–Trinajstić information content (AvgIpc) is 2.46. The van der Waals surface area contributed by atoms with E-state index in [0.717, 1.165) is 47.2 Å². The number of nitrogens with two attached hydrogens (primary N) is 1. The molecule has 4 N–H and O–H groups in total. The van der Waals surface area contributed by atoms with Gasteiger partial charge in [-0.1, -0.05) is 12.5 Å². The summed E-state index contributed by atoms with van der Waals surface area (Å²) in [5.74, 6) is 0.111. The monoisotopic (exact) mass is 287 g/mol. The van der Waals surface area contributed by atoms with Gasteiger partial charge in [0.1, 0.15) is 5.82 Å². The summed E-state index contributed by atoms with van der Waals surface area (Å²) in [5.41, 5.74) is 7.90. The van der Waals surface area contributed by atoms with Crippen LogP contribution in [-0.4, -0.2) is 22.6 Å². The summed E-state index contributed by atoms with van der Waals surface area (Å²) in [6.45, 7) is 2.82. The van der Waals surface area contributed by atoms with Crippen LogP contribution in [0.5, 0.6) is 0 Å². The number of pyridine rings is 1. The van der Waals surface area contributed by atoms with Gasteiger partial charge in [0.05, 0.1) is 0 Å². The molecule has 1 aromatic carbocycles. The van der Waals surface area contributed by atoms with E-state index in [0.29, 0.717) is 6.42 Å². The Labute approximate surface area is 124 Å². The number of anilines is 2. The van der Waals surface area contributed by atoms with Gasteiger partial charge in [-0.2, -0.15) is 0 Å². The molecule has 0 radical (unpaired) electrons. The second-order valence-corrected chi connectivity index (χ2v) is 5.18. The van der Waals surface area contributed by atoms with Crippen molar-refractivity contribution in [1.29, 1.82) is 0 Å². The van der Waals surface area contributed by atoms with Crippen molar-refractivity contribution in [2.75, 3.05) is 17.6 Å². The maximum Gasteiger partial charge on any atom is 0.303 e. The van der Waals surface area contributed by atoms with Crippen LogP contribution < -0.4 is 11.1 Å². The Hall–Kier alpha value is -2.30. The second kappa shape index (κ2) is 6.92. The van der Waals surface area contributed by atoms with Crippen LogP contribution >= 0.6 is 0 Å². The SMILES string of the molecule is Cc1ccc(N)c2ccnc(NCCCCCC(=O)O)c12. The van der Waals surface area contributed by atoms with Gasteiger partial charge in [0, 0.05) is 35.6 Å². The van der Waals surface area contributed by atoms with Gasteiger partial charge >= 0.3 is 5.97 Å². The number of unbranched alkanes of at least 4 members (excludes halogenated alkanes) is 2. The van der Waals surface area contributed by atoms with E-state index in [1.165, 1.54) is 0 Å². The molecule has 1 aromatic heterocycles. The zero-order chi connectivity index (χ0) is 15.2. The molecule has 0 aliphatic carbocycles. The number of nitrogen functional groups attached to an aromatic ring is 1. The van der Waals surface area contributed by atoms with E-state index in [2.05, 4.69) is 10.3 Å². The van der Waals surface area contributed by atoms with Gasteiger partial charge in [-0.15, -0.1) is 0 Å². The number of carboxylic acid groups (broad SMARTS) is 1. The van der Waals surface area contributed by atoms with E-state index in [9.17, 15) is 4.79 Å². The fourth-order valence-corrected chi connectivity index (χ4v) is 2.41. The summed E-state index contributed by atoms with van der Waals surface area (Å²) in [5, 5.41) is 14.0. The van der Waals surface area contributed by atoms with Gasteiger partial charge in [0.25, 0.3) is 0 Å². The first-order valence-corrected chi connectivity index (χ1v) is 7.19. The van der Waals surface area contributed by atoms with Crippen LogP contribution in [0.4, 0.5) is 11.5 Å². The van der Waals surface area contributed by atoms with Gasteiger partial charge in [0.15, 0.2) is 0 Å². The number of nitrogens with one attached hydrogen (secondary N) is 1. The minimum absolute atomic E-state index is 0.238. The molecule has 2 rings (SSSR count). The lowest BCUT2D eigenvalue weighted by molar-refractivity contribution is -0.137. The molecule has 1 heterocycles. The molecule has 2 aromatic rings. The number of rotatable bonds is 7. The first-order chi connectivity index (χ1) is 10.1. The minimum Gasteiger partial charge on any atom is -0.481 e. The molecule has 112 valence electrons. The standard InChI is InChI=1S/C16H21N3O2/c1-11-6-7-13(17)12-8-10-19-16(15(11)12)18-9-4-2-3-5-14(20)21/h6-8,10H,2-5,9,17H2,1H3,(H,18,19)(H,20,21). The van der Waals surface area contributed by atoms with Gasteiger partial charge in [-0.25, -0.2) is 4.98 Å². The van der Waals surface area contributed by atoms with Crippen molar-refractivity contribution in [1.82, 2.24) is 4.98 Å². The molecule has 0 aliphatic heterocycles. The maximum absolute atomic E-state index is 10.4. The zero-order valence-corrected chi connectivity index (χ0v) is 12.2. The molecule has 0 unspecified atom stereocenters. The molecule has 0 spiro atoms. The van der Waals surface area contributed by atoms with Crippen molar-refractivity contribution in [3.8, 4) is 0 Å². The summed E-state index contributed by atoms with van der Waals surface area (Å²) >= 11 is 0. The Balaban J connectivity index is 1.99. The van der Waals surface area contributed by atoms with E-state index < -0.39 is 5.97 Å². The molecule has 21 heavy (non-hydrogen) atoms. The van der Waals surface area contributed by atoms with Crippen LogP contribution in [-0.2, 0) is 4.79 Å². The normalized spacial score (nSPS) is 10.7. The van der Waals surface area contributed by atoms with E-state index >= 15 is 0 Å². The second-order valence-electron chi connectivity index (χ2n) is 5.18.